The zero-order chi connectivity index (χ0) is 29.6. The number of halogens is 1. The first-order valence-corrected chi connectivity index (χ1v) is 13.8. The predicted molar refractivity (Wildman–Crippen MR) is 160 cm³/mol. The Morgan fingerprint density at radius 1 is 0.881 bits per heavy atom. The van der Waals surface area contributed by atoms with Crippen LogP contribution in [-0.2, 0) is 20.9 Å². The number of anilines is 1. The zero-order valence-corrected chi connectivity index (χ0v) is 23.5. The van der Waals surface area contributed by atoms with Crippen LogP contribution in [0.25, 0.3) is 11.1 Å². The van der Waals surface area contributed by atoms with Gasteiger partial charge < -0.3 is 19.9 Å². The highest BCUT2D eigenvalue weighted by atomic mass is 35.5. The summed E-state index contributed by atoms with van der Waals surface area (Å²) in [5.41, 5.74) is 5.53. The summed E-state index contributed by atoms with van der Waals surface area (Å²) in [6.45, 7) is 1.88. The molecule has 42 heavy (non-hydrogen) atoms. The molecule has 0 saturated heterocycles. The van der Waals surface area contributed by atoms with Gasteiger partial charge in [-0.25, -0.2) is 9.59 Å². The van der Waals surface area contributed by atoms with Crippen LogP contribution in [0.4, 0.5) is 10.5 Å². The van der Waals surface area contributed by atoms with E-state index < -0.39 is 30.1 Å². The minimum Gasteiger partial charge on any atom is -0.480 e. The summed E-state index contributed by atoms with van der Waals surface area (Å²) in [6, 6.07) is 28.3. The summed E-state index contributed by atoms with van der Waals surface area (Å²) in [5, 5.41) is 15.0. The molecule has 214 valence electrons. The number of carboxylic acid groups (broad SMARTS) is 1. The molecule has 0 fully saturated rings. The molecule has 2 amide bonds. The molecular formula is C33H29ClN2O6. The summed E-state index contributed by atoms with van der Waals surface area (Å²) in [6.07, 6.45) is -1.56. The van der Waals surface area contributed by atoms with Crippen LogP contribution in [0.2, 0.25) is 5.02 Å². The number of ether oxygens (including phenoxy) is 2. The number of carbonyl (C=O) groups is 3. The van der Waals surface area contributed by atoms with Gasteiger partial charge >= 0.3 is 12.1 Å². The van der Waals surface area contributed by atoms with Crippen molar-refractivity contribution >= 4 is 35.3 Å². The summed E-state index contributed by atoms with van der Waals surface area (Å²) in [5.74, 6) is -2.02. The van der Waals surface area contributed by atoms with Crippen molar-refractivity contribution in [1.82, 2.24) is 5.32 Å². The van der Waals surface area contributed by atoms with Crippen LogP contribution < -0.4 is 10.6 Å². The van der Waals surface area contributed by atoms with E-state index in [0.717, 1.165) is 27.8 Å². The van der Waals surface area contributed by atoms with Crippen LogP contribution in [0.5, 0.6) is 0 Å². The summed E-state index contributed by atoms with van der Waals surface area (Å²) in [7, 11) is 0. The second kappa shape index (κ2) is 12.9. The number of carbonyl (C=O) groups excluding carboxylic acids is 2. The highest BCUT2D eigenvalue weighted by Gasteiger charge is 2.30. The Kier molecular flexibility index (Phi) is 8.85. The molecule has 2 atom stereocenters. The van der Waals surface area contributed by atoms with Crippen molar-refractivity contribution in [2.75, 3.05) is 11.9 Å². The average molecular weight is 585 g/mol. The number of aliphatic carboxylic acids is 1. The van der Waals surface area contributed by atoms with Crippen molar-refractivity contribution < 1.29 is 29.0 Å². The van der Waals surface area contributed by atoms with E-state index in [9.17, 15) is 19.5 Å². The summed E-state index contributed by atoms with van der Waals surface area (Å²) in [4.78, 5) is 37.7. The largest absolute Gasteiger partial charge is 0.480 e. The number of rotatable bonds is 10. The van der Waals surface area contributed by atoms with Crippen LogP contribution in [0.1, 0.15) is 39.9 Å². The molecule has 1 aliphatic rings. The van der Waals surface area contributed by atoms with Gasteiger partial charge in [-0.05, 0) is 52.9 Å². The molecule has 2 unspecified atom stereocenters. The molecule has 9 heteroatoms. The second-order valence-corrected chi connectivity index (χ2v) is 10.3. The minimum atomic E-state index is -1.31. The molecule has 0 heterocycles. The van der Waals surface area contributed by atoms with Gasteiger partial charge in [0.15, 0.2) is 6.04 Å². The molecule has 0 radical (unpaired) electrons. The molecule has 3 N–H and O–H groups in total. The van der Waals surface area contributed by atoms with Gasteiger partial charge in [-0.1, -0.05) is 90.5 Å². The highest BCUT2D eigenvalue weighted by Crippen LogP contribution is 2.44. The standard InChI is InChI=1S/C33H29ClN2O6/c1-20(41-18-21-9-3-2-4-10-21)30(32(38)39)36-31(37)22-15-16-28(34)29(17-22)35-33(40)42-19-27-25-13-7-5-11-23(25)24-12-6-8-14-26(24)27/h2-17,20,27,30H,18-19H2,1H3,(H,35,40)(H,36,37)(H,38,39). The van der Waals surface area contributed by atoms with E-state index in [1.54, 1.807) is 6.92 Å². The normalized spacial score (nSPS) is 13.4. The minimum absolute atomic E-state index is 0.106. The maximum atomic E-state index is 13.0. The maximum Gasteiger partial charge on any atom is 0.411 e. The van der Waals surface area contributed by atoms with Gasteiger partial charge in [-0.3, -0.25) is 10.1 Å². The molecule has 0 aromatic heterocycles. The third kappa shape index (κ3) is 6.46. The van der Waals surface area contributed by atoms with Gasteiger partial charge in [-0.15, -0.1) is 0 Å². The van der Waals surface area contributed by atoms with Crippen LogP contribution >= 0.6 is 11.6 Å². The molecular weight excluding hydrogens is 556 g/mol. The van der Waals surface area contributed by atoms with Crippen LogP contribution in [-0.4, -0.2) is 41.8 Å². The Bertz CT molecular complexity index is 1560. The number of benzene rings is 4. The highest BCUT2D eigenvalue weighted by molar-refractivity contribution is 6.33. The maximum absolute atomic E-state index is 13.0. The second-order valence-electron chi connectivity index (χ2n) is 9.94. The third-order valence-corrected chi connectivity index (χ3v) is 7.52. The summed E-state index contributed by atoms with van der Waals surface area (Å²) >= 11 is 6.30. The van der Waals surface area contributed by atoms with E-state index >= 15 is 0 Å². The number of amides is 2. The topological polar surface area (TPSA) is 114 Å². The van der Waals surface area contributed by atoms with E-state index in [2.05, 4.69) is 22.8 Å². The lowest BCUT2D eigenvalue weighted by molar-refractivity contribution is -0.143. The van der Waals surface area contributed by atoms with E-state index in [0.29, 0.717) is 0 Å². The quantitative estimate of drug-likeness (QED) is 0.196. The molecule has 1 aliphatic carbocycles. The molecule has 0 spiro atoms. The van der Waals surface area contributed by atoms with Crippen molar-refractivity contribution in [2.24, 2.45) is 0 Å². The number of hydrogen-bond donors (Lipinski definition) is 3. The Labute approximate surface area is 248 Å². The first kappa shape index (κ1) is 28.9. The van der Waals surface area contributed by atoms with E-state index in [-0.39, 0.29) is 35.4 Å². The fraction of sp³-hybridized carbons (Fsp3) is 0.182. The number of nitrogens with one attached hydrogen (secondary N) is 2. The van der Waals surface area contributed by atoms with Crippen molar-refractivity contribution in [3.63, 3.8) is 0 Å². The molecule has 0 saturated carbocycles. The van der Waals surface area contributed by atoms with Crippen molar-refractivity contribution in [1.29, 1.82) is 0 Å². The first-order valence-electron chi connectivity index (χ1n) is 13.4. The van der Waals surface area contributed by atoms with Gasteiger partial charge in [0.25, 0.3) is 5.91 Å². The first-order chi connectivity index (χ1) is 20.3. The third-order valence-electron chi connectivity index (χ3n) is 7.19. The lowest BCUT2D eigenvalue weighted by atomic mass is 9.98. The number of hydrogen-bond acceptors (Lipinski definition) is 5. The van der Waals surface area contributed by atoms with Gasteiger partial charge in [0.05, 0.1) is 23.4 Å². The van der Waals surface area contributed by atoms with Crippen LogP contribution in [0.3, 0.4) is 0 Å². The zero-order valence-electron chi connectivity index (χ0n) is 22.8. The Hall–Kier alpha value is -4.66. The van der Waals surface area contributed by atoms with E-state index in [1.807, 2.05) is 66.7 Å². The Morgan fingerprint density at radius 2 is 1.50 bits per heavy atom. The van der Waals surface area contributed by atoms with Crippen molar-refractivity contribution in [3.05, 3.63) is 124 Å². The lowest BCUT2D eigenvalue weighted by Gasteiger charge is -2.22. The van der Waals surface area contributed by atoms with Gasteiger partial charge in [0.1, 0.15) is 6.61 Å². The molecule has 0 bridgehead atoms. The monoisotopic (exact) mass is 584 g/mol. The van der Waals surface area contributed by atoms with Crippen LogP contribution in [0, 0.1) is 0 Å². The molecule has 4 aromatic carbocycles. The van der Waals surface area contributed by atoms with E-state index in [4.69, 9.17) is 21.1 Å². The van der Waals surface area contributed by atoms with Crippen molar-refractivity contribution in [3.8, 4) is 11.1 Å². The van der Waals surface area contributed by atoms with E-state index in [1.165, 1.54) is 18.2 Å². The molecule has 5 rings (SSSR count). The predicted octanol–water partition coefficient (Wildman–Crippen LogP) is 6.49. The van der Waals surface area contributed by atoms with Gasteiger partial charge in [0, 0.05) is 11.5 Å². The van der Waals surface area contributed by atoms with Gasteiger partial charge in [-0.2, -0.15) is 0 Å². The Balaban J connectivity index is 1.22. The summed E-state index contributed by atoms with van der Waals surface area (Å²) < 4.78 is 11.3. The lowest BCUT2D eigenvalue weighted by Crippen LogP contribution is -2.48. The molecule has 4 aromatic rings. The Morgan fingerprint density at radius 3 is 2.14 bits per heavy atom. The fourth-order valence-electron chi connectivity index (χ4n) is 5.01. The SMILES string of the molecule is CC(OCc1ccccc1)C(NC(=O)c1ccc(Cl)c(NC(=O)OCC2c3ccccc3-c3ccccc32)c1)C(=O)O. The van der Waals surface area contributed by atoms with Crippen molar-refractivity contribution in [2.45, 2.75) is 31.6 Å². The molecule has 8 nitrogen and oxygen atoms in total. The smallest absolute Gasteiger partial charge is 0.411 e. The van der Waals surface area contributed by atoms with Gasteiger partial charge in [0.2, 0.25) is 0 Å². The molecule has 0 aliphatic heterocycles. The number of carboxylic acids is 1. The fourth-order valence-corrected chi connectivity index (χ4v) is 5.17. The average Bonchev–Trinajstić information content (AvgIpc) is 3.32. The number of fused-ring (bicyclic) bond motifs is 3. The van der Waals surface area contributed by atoms with Crippen LogP contribution in [0.15, 0.2) is 97.1 Å².